The number of fused-ring (bicyclic) bond motifs is 1. The minimum Gasteiger partial charge on any atom is -0.506 e. The van der Waals surface area contributed by atoms with E-state index in [1.54, 1.807) is 29.7 Å². The van der Waals surface area contributed by atoms with Gasteiger partial charge in [-0.25, -0.2) is 5.43 Å². The summed E-state index contributed by atoms with van der Waals surface area (Å²) in [5, 5.41) is 14.9. The van der Waals surface area contributed by atoms with Crippen molar-refractivity contribution >= 4 is 22.5 Å². The van der Waals surface area contributed by atoms with Gasteiger partial charge in [0.2, 0.25) is 0 Å². The van der Waals surface area contributed by atoms with Crippen LogP contribution < -0.4 is 11.0 Å². The highest BCUT2D eigenvalue weighted by Crippen LogP contribution is 2.26. The normalized spacial score (nSPS) is 11.7. The minimum absolute atomic E-state index is 0.261. The number of aromatic nitrogens is 1. The zero-order chi connectivity index (χ0) is 18.4. The second-order valence-corrected chi connectivity index (χ2v) is 6.05. The summed E-state index contributed by atoms with van der Waals surface area (Å²) in [6.45, 7) is 6.29. The maximum absolute atomic E-state index is 12.8. The first kappa shape index (κ1) is 18.7. The number of benzene rings is 1. The van der Waals surface area contributed by atoms with Gasteiger partial charge in [0.15, 0.2) is 0 Å². The van der Waals surface area contributed by atoms with Crippen molar-refractivity contribution in [2.24, 2.45) is 5.10 Å². The van der Waals surface area contributed by atoms with Crippen molar-refractivity contribution in [1.29, 1.82) is 0 Å². The largest absolute Gasteiger partial charge is 0.506 e. The number of pyridine rings is 1. The number of carbonyl (C=O) groups excluding carboxylic acids is 1. The topological polar surface area (TPSA) is 83.7 Å². The summed E-state index contributed by atoms with van der Waals surface area (Å²) in [6.07, 6.45) is 3.54. The van der Waals surface area contributed by atoms with Crippen molar-refractivity contribution < 1.29 is 9.90 Å². The van der Waals surface area contributed by atoms with Crippen LogP contribution in [-0.2, 0) is 6.54 Å². The van der Waals surface area contributed by atoms with Gasteiger partial charge in [0.05, 0.1) is 5.52 Å². The maximum atomic E-state index is 12.8. The molecular weight excluding hydrogens is 318 g/mol. The Bertz CT molecular complexity index is 853. The molecule has 1 heterocycles. The summed E-state index contributed by atoms with van der Waals surface area (Å²) in [5.41, 5.74) is 2.98. The number of rotatable bonds is 7. The maximum Gasteiger partial charge on any atom is 0.280 e. The lowest BCUT2D eigenvalue weighted by molar-refractivity contribution is 0.0950. The Hall–Kier alpha value is -2.63. The zero-order valence-electron chi connectivity index (χ0n) is 15.0. The molecule has 1 amide bonds. The molecule has 0 unspecified atom stereocenters. The summed E-state index contributed by atoms with van der Waals surface area (Å²) >= 11 is 0. The lowest BCUT2D eigenvalue weighted by atomic mass is 10.1. The number of aromatic hydroxyl groups is 1. The van der Waals surface area contributed by atoms with Crippen LogP contribution in [-0.4, -0.2) is 21.3 Å². The first-order chi connectivity index (χ1) is 12.0. The molecule has 0 fully saturated rings. The molecular formula is C19H25N3O3. The van der Waals surface area contributed by atoms with Gasteiger partial charge in [-0.1, -0.05) is 38.8 Å². The molecule has 6 heteroatoms. The van der Waals surface area contributed by atoms with Crippen molar-refractivity contribution in [2.45, 2.75) is 53.0 Å². The molecule has 25 heavy (non-hydrogen) atoms. The Kier molecular flexibility index (Phi) is 6.33. The fraction of sp³-hybridized carbons (Fsp3) is 0.421. The van der Waals surface area contributed by atoms with Gasteiger partial charge in [-0.2, -0.15) is 5.10 Å². The van der Waals surface area contributed by atoms with Gasteiger partial charge < -0.3 is 9.67 Å². The third-order valence-corrected chi connectivity index (χ3v) is 4.22. The van der Waals surface area contributed by atoms with Crippen molar-refractivity contribution in [3.05, 3.63) is 40.2 Å². The highest BCUT2D eigenvalue weighted by Gasteiger charge is 2.21. The van der Waals surface area contributed by atoms with E-state index >= 15 is 0 Å². The lowest BCUT2D eigenvalue weighted by Crippen LogP contribution is -2.32. The third kappa shape index (κ3) is 4.07. The van der Waals surface area contributed by atoms with Gasteiger partial charge >= 0.3 is 0 Å². The van der Waals surface area contributed by atoms with Crippen LogP contribution in [0.2, 0.25) is 0 Å². The van der Waals surface area contributed by atoms with Gasteiger partial charge in [-0.3, -0.25) is 9.59 Å². The van der Waals surface area contributed by atoms with Crippen LogP contribution in [0.5, 0.6) is 5.75 Å². The minimum atomic E-state index is -0.690. The molecule has 0 atom stereocenters. The molecule has 1 aromatic carbocycles. The van der Waals surface area contributed by atoms with E-state index in [2.05, 4.69) is 17.5 Å². The Morgan fingerprint density at radius 1 is 1.24 bits per heavy atom. The molecule has 0 aliphatic rings. The van der Waals surface area contributed by atoms with Gasteiger partial charge in [0, 0.05) is 17.6 Å². The number of para-hydroxylation sites is 1. The Labute approximate surface area is 147 Å². The monoisotopic (exact) mass is 343 g/mol. The molecule has 2 aromatic rings. The summed E-state index contributed by atoms with van der Waals surface area (Å²) in [4.78, 5) is 25.3. The highest BCUT2D eigenvalue weighted by molar-refractivity contribution is 6.02. The Balaban J connectivity index is 2.56. The Morgan fingerprint density at radius 2 is 1.96 bits per heavy atom. The Morgan fingerprint density at radius 3 is 2.64 bits per heavy atom. The van der Waals surface area contributed by atoms with Crippen molar-refractivity contribution in [1.82, 2.24) is 9.99 Å². The van der Waals surface area contributed by atoms with Gasteiger partial charge in [-0.05, 0) is 31.9 Å². The number of nitrogens with zero attached hydrogens (tertiary/aromatic N) is 2. The standard InChI is InChI=1S/C19H25N3O3/c1-4-6-9-12-22-15-11-8-7-10-14(15)17(23)16(19(22)25)18(24)21-20-13(3)5-2/h7-8,10-11,23H,4-6,9,12H2,1-3H3,(H,21,24). The number of carbonyl (C=O) groups is 1. The van der Waals surface area contributed by atoms with Crippen LogP contribution in [0, 0.1) is 0 Å². The van der Waals surface area contributed by atoms with Crippen molar-refractivity contribution in [3.63, 3.8) is 0 Å². The SMILES string of the molecule is CCCCCn1c(=O)c(C(=O)NN=C(C)CC)c(O)c2ccccc21. The van der Waals surface area contributed by atoms with E-state index in [1.165, 1.54) is 0 Å². The molecule has 2 rings (SSSR count). The van der Waals surface area contributed by atoms with Crippen LogP contribution in [0.4, 0.5) is 0 Å². The second kappa shape index (κ2) is 8.46. The molecule has 0 spiro atoms. The second-order valence-electron chi connectivity index (χ2n) is 6.05. The van der Waals surface area contributed by atoms with Gasteiger partial charge in [0.1, 0.15) is 11.3 Å². The number of hydrogen-bond donors (Lipinski definition) is 2. The number of hydrogen-bond acceptors (Lipinski definition) is 4. The molecule has 1 aromatic heterocycles. The van der Waals surface area contributed by atoms with Gasteiger partial charge in [-0.15, -0.1) is 0 Å². The zero-order valence-corrected chi connectivity index (χ0v) is 15.0. The molecule has 0 aliphatic heterocycles. The molecule has 0 saturated heterocycles. The van der Waals surface area contributed by atoms with Crippen molar-refractivity contribution in [3.8, 4) is 5.75 Å². The van der Waals surface area contributed by atoms with Crippen LogP contribution in [0.25, 0.3) is 10.9 Å². The van der Waals surface area contributed by atoms with E-state index in [9.17, 15) is 14.7 Å². The van der Waals surface area contributed by atoms with E-state index in [-0.39, 0.29) is 11.3 Å². The van der Waals surface area contributed by atoms with E-state index in [0.717, 1.165) is 25.0 Å². The average molecular weight is 343 g/mol. The molecule has 0 radical (unpaired) electrons. The first-order valence-electron chi connectivity index (χ1n) is 8.69. The average Bonchev–Trinajstić information content (AvgIpc) is 2.62. The van der Waals surface area contributed by atoms with Crippen LogP contribution >= 0.6 is 0 Å². The number of unbranched alkanes of at least 4 members (excludes halogenated alkanes) is 2. The number of nitrogens with one attached hydrogen (secondary N) is 1. The quantitative estimate of drug-likeness (QED) is 0.459. The number of aryl methyl sites for hydroxylation is 1. The summed E-state index contributed by atoms with van der Waals surface area (Å²) < 4.78 is 1.57. The number of hydrazone groups is 1. The van der Waals surface area contributed by atoms with Crippen LogP contribution in [0.1, 0.15) is 56.8 Å². The third-order valence-electron chi connectivity index (χ3n) is 4.22. The van der Waals surface area contributed by atoms with Crippen molar-refractivity contribution in [2.75, 3.05) is 0 Å². The first-order valence-corrected chi connectivity index (χ1v) is 8.69. The molecule has 134 valence electrons. The van der Waals surface area contributed by atoms with E-state index < -0.39 is 11.5 Å². The molecule has 6 nitrogen and oxygen atoms in total. The predicted octanol–water partition coefficient (Wildman–Crippen LogP) is 3.41. The summed E-state index contributed by atoms with van der Waals surface area (Å²) in [6, 6.07) is 7.07. The fourth-order valence-electron chi connectivity index (χ4n) is 2.62. The molecule has 0 saturated carbocycles. The lowest BCUT2D eigenvalue weighted by Gasteiger charge is -2.14. The smallest absolute Gasteiger partial charge is 0.280 e. The van der Waals surface area contributed by atoms with Crippen LogP contribution in [0.15, 0.2) is 34.2 Å². The fourth-order valence-corrected chi connectivity index (χ4v) is 2.62. The van der Waals surface area contributed by atoms with E-state index in [0.29, 0.717) is 23.9 Å². The molecule has 0 bridgehead atoms. The summed E-state index contributed by atoms with van der Waals surface area (Å²) in [5.74, 6) is -0.987. The number of amides is 1. The molecule has 2 N–H and O–H groups in total. The molecule has 0 aliphatic carbocycles. The van der Waals surface area contributed by atoms with E-state index in [1.807, 2.05) is 13.0 Å². The van der Waals surface area contributed by atoms with E-state index in [4.69, 9.17) is 0 Å². The summed E-state index contributed by atoms with van der Waals surface area (Å²) in [7, 11) is 0. The van der Waals surface area contributed by atoms with Gasteiger partial charge in [0.25, 0.3) is 11.5 Å². The predicted molar refractivity (Wildman–Crippen MR) is 100 cm³/mol. The van der Waals surface area contributed by atoms with Crippen LogP contribution in [0.3, 0.4) is 0 Å². The highest BCUT2D eigenvalue weighted by atomic mass is 16.3.